The van der Waals surface area contributed by atoms with E-state index in [0.29, 0.717) is 31.1 Å². The highest BCUT2D eigenvalue weighted by molar-refractivity contribution is 5.94. The summed E-state index contributed by atoms with van der Waals surface area (Å²) in [5, 5.41) is 0. The fourth-order valence-corrected chi connectivity index (χ4v) is 3.88. The molecule has 0 aliphatic carbocycles. The van der Waals surface area contributed by atoms with Crippen LogP contribution in [0.2, 0.25) is 0 Å². The molecule has 2 aromatic carbocycles. The molecule has 32 heavy (non-hydrogen) atoms. The maximum atomic E-state index is 12.5. The van der Waals surface area contributed by atoms with Gasteiger partial charge >= 0.3 is 5.97 Å². The Hall–Kier alpha value is -2.49. The molecule has 2 aromatic rings. The fourth-order valence-electron chi connectivity index (χ4n) is 3.88. The Kier molecular flexibility index (Phi) is 11.1. The Balaban J connectivity index is 1.98. The van der Waals surface area contributed by atoms with Crippen LogP contribution in [-0.2, 0) is 11.3 Å². The number of benzene rings is 2. The molecule has 2 atom stereocenters. The van der Waals surface area contributed by atoms with Crippen LogP contribution < -0.4 is 9.47 Å². The van der Waals surface area contributed by atoms with Gasteiger partial charge in [-0.25, -0.2) is 4.79 Å². The van der Waals surface area contributed by atoms with Crippen LogP contribution in [0.25, 0.3) is 0 Å². The lowest BCUT2D eigenvalue weighted by molar-refractivity contribution is 0.0520. The van der Waals surface area contributed by atoms with Crippen molar-refractivity contribution in [3.63, 3.8) is 0 Å². The normalized spacial score (nSPS) is 12.8. The van der Waals surface area contributed by atoms with Gasteiger partial charge < -0.3 is 14.2 Å². The molecule has 0 N–H and O–H groups in total. The molecule has 0 aliphatic heterocycles. The lowest BCUT2D eigenvalue weighted by Gasteiger charge is -2.17. The highest BCUT2D eigenvalue weighted by Crippen LogP contribution is 2.30. The third kappa shape index (κ3) is 8.57. The first kappa shape index (κ1) is 25.8. The minimum atomic E-state index is -0.366. The Morgan fingerprint density at radius 1 is 0.969 bits per heavy atom. The van der Waals surface area contributed by atoms with Gasteiger partial charge in [0.15, 0.2) is 0 Å². The third-order valence-corrected chi connectivity index (χ3v) is 5.85. The number of unbranched alkanes of at least 4 members (excludes halogenated alkanes) is 1. The molecule has 0 spiro atoms. The summed E-state index contributed by atoms with van der Waals surface area (Å²) in [4.78, 5) is 12.5. The fraction of sp³-hybridized carbons (Fsp3) is 0.536. The van der Waals surface area contributed by atoms with E-state index < -0.39 is 0 Å². The average Bonchev–Trinajstić information content (AvgIpc) is 2.77. The van der Waals surface area contributed by atoms with E-state index in [4.69, 9.17) is 14.2 Å². The molecule has 0 saturated carbocycles. The first-order chi connectivity index (χ1) is 15.4. The molecule has 0 heterocycles. The van der Waals surface area contributed by atoms with Crippen molar-refractivity contribution >= 4 is 5.97 Å². The van der Waals surface area contributed by atoms with Crippen molar-refractivity contribution in [3.8, 4) is 11.5 Å². The number of aryl methyl sites for hydroxylation is 1. The standard InChI is InChI=1S/C28H40O4/c1-6-21(3)17-22(4)13-11-12-16-31-25-18-23(5)27(28(29)30-7-2)26(19-25)32-20-24-14-9-8-10-15-24/h8-10,14-15,18-19,21-22H,6-7,11-13,16-17,20H2,1-5H3. The van der Waals surface area contributed by atoms with Crippen molar-refractivity contribution in [1.82, 2.24) is 0 Å². The molecule has 2 rings (SSSR count). The van der Waals surface area contributed by atoms with Gasteiger partial charge in [0.1, 0.15) is 23.7 Å². The number of carbonyl (C=O) groups is 1. The second-order valence-electron chi connectivity index (χ2n) is 8.81. The van der Waals surface area contributed by atoms with Gasteiger partial charge in [-0.2, -0.15) is 0 Å². The summed E-state index contributed by atoms with van der Waals surface area (Å²) in [5.74, 6) is 2.43. The number of hydrogen-bond donors (Lipinski definition) is 0. The zero-order valence-electron chi connectivity index (χ0n) is 20.5. The predicted octanol–water partition coefficient (Wildman–Crippen LogP) is 7.37. The summed E-state index contributed by atoms with van der Waals surface area (Å²) in [6.07, 6.45) is 5.97. The number of hydrogen-bond acceptors (Lipinski definition) is 4. The molecular formula is C28H40O4. The van der Waals surface area contributed by atoms with Crippen LogP contribution >= 0.6 is 0 Å². The SMILES string of the molecule is CCOC(=O)c1c(C)cc(OCCCCC(C)CC(C)CC)cc1OCc1ccccc1. The highest BCUT2D eigenvalue weighted by Gasteiger charge is 2.19. The molecule has 0 amide bonds. The van der Waals surface area contributed by atoms with E-state index in [2.05, 4.69) is 20.8 Å². The molecule has 0 radical (unpaired) electrons. The van der Waals surface area contributed by atoms with Crippen LogP contribution in [0.3, 0.4) is 0 Å². The van der Waals surface area contributed by atoms with Crippen LogP contribution in [0, 0.1) is 18.8 Å². The van der Waals surface area contributed by atoms with Gasteiger partial charge in [-0.1, -0.05) is 63.9 Å². The highest BCUT2D eigenvalue weighted by atomic mass is 16.5. The monoisotopic (exact) mass is 440 g/mol. The lowest BCUT2D eigenvalue weighted by Crippen LogP contribution is -2.11. The molecule has 0 aliphatic rings. The maximum Gasteiger partial charge on any atom is 0.342 e. The second kappa shape index (κ2) is 13.8. The Bertz CT molecular complexity index is 816. The van der Waals surface area contributed by atoms with Crippen molar-refractivity contribution in [2.45, 2.75) is 73.3 Å². The number of esters is 1. The molecule has 4 heteroatoms. The number of ether oxygens (including phenoxy) is 3. The minimum absolute atomic E-state index is 0.324. The van der Waals surface area contributed by atoms with Crippen molar-refractivity contribution in [2.24, 2.45) is 11.8 Å². The molecule has 0 saturated heterocycles. The Labute approximate surface area is 194 Å². The van der Waals surface area contributed by atoms with Gasteiger partial charge in [-0.15, -0.1) is 0 Å². The van der Waals surface area contributed by atoms with Gasteiger partial charge in [0.2, 0.25) is 0 Å². The van der Waals surface area contributed by atoms with E-state index in [1.807, 2.05) is 49.4 Å². The minimum Gasteiger partial charge on any atom is -0.493 e. The topological polar surface area (TPSA) is 44.8 Å². The summed E-state index contributed by atoms with van der Waals surface area (Å²) in [7, 11) is 0. The molecule has 176 valence electrons. The second-order valence-corrected chi connectivity index (χ2v) is 8.81. The van der Waals surface area contributed by atoms with E-state index in [0.717, 1.165) is 41.6 Å². The number of rotatable bonds is 14. The molecule has 0 aromatic heterocycles. The van der Waals surface area contributed by atoms with Crippen LogP contribution in [0.1, 0.15) is 81.3 Å². The van der Waals surface area contributed by atoms with E-state index in [1.165, 1.54) is 19.3 Å². The Morgan fingerprint density at radius 3 is 2.41 bits per heavy atom. The first-order valence-electron chi connectivity index (χ1n) is 12.1. The Morgan fingerprint density at radius 2 is 1.72 bits per heavy atom. The van der Waals surface area contributed by atoms with Gasteiger partial charge in [0.25, 0.3) is 0 Å². The smallest absolute Gasteiger partial charge is 0.342 e. The molecule has 0 fully saturated rings. The van der Waals surface area contributed by atoms with Crippen LogP contribution in [0.5, 0.6) is 11.5 Å². The summed E-state index contributed by atoms with van der Waals surface area (Å²) in [5.41, 5.74) is 2.30. The van der Waals surface area contributed by atoms with Crippen molar-refractivity contribution in [2.75, 3.05) is 13.2 Å². The quantitative estimate of drug-likeness (QED) is 0.227. The molecule has 2 unspecified atom stereocenters. The summed E-state index contributed by atoms with van der Waals surface area (Å²) < 4.78 is 17.3. The molecular weight excluding hydrogens is 400 g/mol. The predicted molar refractivity (Wildman–Crippen MR) is 130 cm³/mol. The van der Waals surface area contributed by atoms with Crippen molar-refractivity contribution in [3.05, 3.63) is 59.2 Å². The van der Waals surface area contributed by atoms with Gasteiger partial charge in [0, 0.05) is 6.07 Å². The zero-order valence-corrected chi connectivity index (χ0v) is 20.5. The summed E-state index contributed by atoms with van der Waals surface area (Å²) in [6, 6.07) is 13.6. The largest absolute Gasteiger partial charge is 0.493 e. The van der Waals surface area contributed by atoms with Gasteiger partial charge in [-0.3, -0.25) is 0 Å². The zero-order chi connectivity index (χ0) is 23.3. The van der Waals surface area contributed by atoms with Crippen LogP contribution in [-0.4, -0.2) is 19.2 Å². The van der Waals surface area contributed by atoms with E-state index in [-0.39, 0.29) is 5.97 Å². The summed E-state index contributed by atoms with van der Waals surface area (Å²) in [6.45, 7) is 12.0. The van der Waals surface area contributed by atoms with Gasteiger partial charge in [-0.05, 0) is 62.1 Å². The van der Waals surface area contributed by atoms with Gasteiger partial charge in [0.05, 0.1) is 13.2 Å². The van der Waals surface area contributed by atoms with Crippen molar-refractivity contribution < 1.29 is 19.0 Å². The van der Waals surface area contributed by atoms with Crippen molar-refractivity contribution in [1.29, 1.82) is 0 Å². The van der Waals surface area contributed by atoms with Crippen LogP contribution in [0.4, 0.5) is 0 Å². The van der Waals surface area contributed by atoms with Crippen LogP contribution in [0.15, 0.2) is 42.5 Å². The van der Waals surface area contributed by atoms with E-state index in [9.17, 15) is 4.79 Å². The average molecular weight is 441 g/mol. The molecule has 4 nitrogen and oxygen atoms in total. The molecule has 0 bridgehead atoms. The lowest BCUT2D eigenvalue weighted by atomic mass is 9.92. The third-order valence-electron chi connectivity index (χ3n) is 5.85. The summed E-state index contributed by atoms with van der Waals surface area (Å²) >= 11 is 0. The van der Waals surface area contributed by atoms with E-state index >= 15 is 0 Å². The number of carbonyl (C=O) groups excluding carboxylic acids is 1. The maximum absolute atomic E-state index is 12.5. The first-order valence-corrected chi connectivity index (χ1v) is 12.1. The van der Waals surface area contributed by atoms with E-state index in [1.54, 1.807) is 6.92 Å².